The number of piperidine rings is 1. The van der Waals surface area contributed by atoms with Gasteiger partial charge in [-0.1, -0.05) is 20.8 Å². The number of rotatable bonds is 4. The normalized spacial score (nSPS) is 23.4. The smallest absolute Gasteiger partial charge is 0.123 e. The highest BCUT2D eigenvalue weighted by Gasteiger charge is 2.25. The molecule has 3 nitrogen and oxygen atoms in total. The molecule has 1 aromatic rings. The number of hydrogen-bond donors (Lipinski definition) is 2. The van der Waals surface area contributed by atoms with Crippen LogP contribution in [-0.4, -0.2) is 30.3 Å². The Morgan fingerprint density at radius 2 is 2.20 bits per heavy atom. The second-order valence-electron chi connectivity index (χ2n) is 6.09. The lowest BCUT2D eigenvalue weighted by Gasteiger charge is -2.37. The van der Waals surface area contributed by atoms with Crippen molar-refractivity contribution in [3.63, 3.8) is 0 Å². The van der Waals surface area contributed by atoms with Crippen LogP contribution in [0.15, 0.2) is 18.2 Å². The van der Waals surface area contributed by atoms with Crippen molar-refractivity contribution in [2.24, 2.45) is 5.92 Å². The molecule has 1 fully saturated rings. The summed E-state index contributed by atoms with van der Waals surface area (Å²) in [6, 6.07) is 5.36. The zero-order chi connectivity index (χ0) is 14.7. The highest BCUT2D eigenvalue weighted by Crippen LogP contribution is 2.27. The van der Waals surface area contributed by atoms with Gasteiger partial charge in [-0.3, -0.25) is 0 Å². The molecule has 1 aliphatic heterocycles. The molecular weight excluding hydrogens is 255 g/mol. The van der Waals surface area contributed by atoms with Gasteiger partial charge >= 0.3 is 0 Å². The third-order valence-electron chi connectivity index (χ3n) is 3.94. The summed E-state index contributed by atoms with van der Waals surface area (Å²) in [6.07, 6.45) is 0.555. The van der Waals surface area contributed by atoms with Crippen LogP contribution in [0.3, 0.4) is 0 Å². The van der Waals surface area contributed by atoms with Gasteiger partial charge in [0.15, 0.2) is 0 Å². The number of halogens is 1. The lowest BCUT2D eigenvalue weighted by Crippen LogP contribution is -2.42. The number of hydrogen-bond acceptors (Lipinski definition) is 3. The van der Waals surface area contributed by atoms with Crippen LogP contribution >= 0.6 is 0 Å². The van der Waals surface area contributed by atoms with Crippen molar-refractivity contribution in [1.29, 1.82) is 0 Å². The second-order valence-corrected chi connectivity index (χ2v) is 6.09. The van der Waals surface area contributed by atoms with Crippen LogP contribution in [0, 0.1) is 11.7 Å². The van der Waals surface area contributed by atoms with Crippen LogP contribution in [0.4, 0.5) is 10.1 Å². The zero-order valence-electron chi connectivity index (χ0n) is 12.6. The molecule has 4 heteroatoms. The molecule has 0 spiro atoms. The number of aliphatic hydroxyl groups excluding tert-OH is 1. The standard InChI is InChI=1S/C16H25FN2O/c1-11(2)18-9-13-8-14(17)4-5-15(13)19-7-6-16(20)12(3)10-19/h4-5,8,11-12,16,18,20H,6-7,9-10H2,1-3H3. The van der Waals surface area contributed by atoms with Crippen LogP contribution in [-0.2, 0) is 6.54 Å². The van der Waals surface area contributed by atoms with Crippen LogP contribution in [0.25, 0.3) is 0 Å². The van der Waals surface area contributed by atoms with Crippen molar-refractivity contribution >= 4 is 5.69 Å². The number of nitrogens with one attached hydrogen (secondary N) is 1. The van der Waals surface area contributed by atoms with Gasteiger partial charge in [-0.25, -0.2) is 4.39 Å². The van der Waals surface area contributed by atoms with E-state index in [1.165, 1.54) is 6.07 Å². The van der Waals surface area contributed by atoms with Gasteiger partial charge in [-0.2, -0.15) is 0 Å². The van der Waals surface area contributed by atoms with E-state index >= 15 is 0 Å². The first kappa shape index (κ1) is 15.3. The average Bonchev–Trinajstić information content (AvgIpc) is 2.40. The Hall–Kier alpha value is -1.13. The van der Waals surface area contributed by atoms with Gasteiger partial charge in [0.1, 0.15) is 5.82 Å². The summed E-state index contributed by atoms with van der Waals surface area (Å²) in [4.78, 5) is 2.26. The van der Waals surface area contributed by atoms with Gasteiger partial charge in [0.25, 0.3) is 0 Å². The third kappa shape index (κ3) is 3.70. The van der Waals surface area contributed by atoms with Crippen LogP contribution in [0.2, 0.25) is 0 Å². The zero-order valence-corrected chi connectivity index (χ0v) is 12.6. The van der Waals surface area contributed by atoms with E-state index in [0.717, 1.165) is 30.8 Å². The number of anilines is 1. The van der Waals surface area contributed by atoms with Crippen molar-refractivity contribution in [3.8, 4) is 0 Å². The first-order valence-corrected chi connectivity index (χ1v) is 7.42. The quantitative estimate of drug-likeness (QED) is 0.889. The van der Waals surface area contributed by atoms with Gasteiger partial charge in [0, 0.05) is 31.4 Å². The summed E-state index contributed by atoms with van der Waals surface area (Å²) in [7, 11) is 0. The van der Waals surface area contributed by atoms with Gasteiger partial charge in [0.05, 0.1) is 6.10 Å². The van der Waals surface area contributed by atoms with Crippen LogP contribution in [0.1, 0.15) is 32.8 Å². The van der Waals surface area contributed by atoms with Crippen LogP contribution < -0.4 is 10.2 Å². The largest absolute Gasteiger partial charge is 0.393 e. The van der Waals surface area contributed by atoms with E-state index in [-0.39, 0.29) is 17.8 Å². The van der Waals surface area contributed by atoms with Crippen molar-refractivity contribution in [1.82, 2.24) is 5.32 Å². The predicted molar refractivity (Wildman–Crippen MR) is 80.4 cm³/mol. The van der Waals surface area contributed by atoms with Crippen molar-refractivity contribution in [2.45, 2.75) is 45.9 Å². The van der Waals surface area contributed by atoms with Crippen molar-refractivity contribution in [3.05, 3.63) is 29.6 Å². The lowest BCUT2D eigenvalue weighted by molar-refractivity contribution is 0.0970. The Balaban J connectivity index is 2.17. The first-order chi connectivity index (χ1) is 9.47. The topological polar surface area (TPSA) is 35.5 Å². The van der Waals surface area contributed by atoms with E-state index in [1.54, 1.807) is 6.07 Å². The maximum absolute atomic E-state index is 13.5. The molecule has 1 aromatic carbocycles. The van der Waals surface area contributed by atoms with E-state index in [1.807, 2.05) is 6.07 Å². The molecular formula is C16H25FN2O. The molecule has 2 N–H and O–H groups in total. The molecule has 20 heavy (non-hydrogen) atoms. The summed E-state index contributed by atoms with van der Waals surface area (Å²) in [5, 5.41) is 13.2. The number of benzene rings is 1. The van der Waals surface area contributed by atoms with E-state index in [2.05, 4.69) is 31.0 Å². The minimum Gasteiger partial charge on any atom is -0.393 e. The summed E-state index contributed by atoms with van der Waals surface area (Å²) in [5.41, 5.74) is 2.07. The van der Waals surface area contributed by atoms with Gasteiger partial charge < -0.3 is 15.3 Å². The Morgan fingerprint density at radius 1 is 1.45 bits per heavy atom. The molecule has 0 radical (unpaired) electrons. The summed E-state index contributed by atoms with van der Waals surface area (Å²) in [6.45, 7) is 8.54. The summed E-state index contributed by atoms with van der Waals surface area (Å²) in [5.74, 6) is 0.0547. The highest BCUT2D eigenvalue weighted by molar-refractivity contribution is 5.54. The van der Waals surface area contributed by atoms with Gasteiger partial charge in [-0.15, -0.1) is 0 Å². The molecule has 2 unspecified atom stereocenters. The molecule has 0 bridgehead atoms. The number of nitrogens with zero attached hydrogens (tertiary/aromatic N) is 1. The van der Waals surface area contributed by atoms with E-state index in [4.69, 9.17) is 0 Å². The number of aliphatic hydroxyl groups is 1. The molecule has 1 aliphatic rings. The molecule has 1 heterocycles. The molecule has 112 valence electrons. The highest BCUT2D eigenvalue weighted by atomic mass is 19.1. The Morgan fingerprint density at radius 3 is 2.85 bits per heavy atom. The average molecular weight is 280 g/mol. The molecule has 2 atom stereocenters. The maximum atomic E-state index is 13.5. The fourth-order valence-electron chi connectivity index (χ4n) is 2.67. The third-order valence-corrected chi connectivity index (χ3v) is 3.94. The second kappa shape index (κ2) is 6.55. The Kier molecular flexibility index (Phi) is 5.00. The van der Waals surface area contributed by atoms with Crippen molar-refractivity contribution < 1.29 is 9.50 Å². The van der Waals surface area contributed by atoms with Gasteiger partial charge in [0.2, 0.25) is 0 Å². The minimum absolute atomic E-state index is 0.195. The first-order valence-electron chi connectivity index (χ1n) is 7.42. The molecule has 0 aliphatic carbocycles. The molecule has 1 saturated heterocycles. The predicted octanol–water partition coefficient (Wildman–Crippen LogP) is 2.53. The molecule has 0 aromatic heterocycles. The Bertz CT molecular complexity index is 450. The monoisotopic (exact) mass is 280 g/mol. The van der Waals surface area contributed by atoms with E-state index in [9.17, 15) is 9.50 Å². The molecule has 0 amide bonds. The van der Waals surface area contributed by atoms with E-state index in [0.29, 0.717) is 12.6 Å². The minimum atomic E-state index is -0.219. The van der Waals surface area contributed by atoms with Crippen LogP contribution in [0.5, 0.6) is 0 Å². The Labute approximate surface area is 120 Å². The fourth-order valence-corrected chi connectivity index (χ4v) is 2.67. The van der Waals surface area contributed by atoms with Gasteiger partial charge in [-0.05, 0) is 36.1 Å². The SMILES string of the molecule is CC(C)NCc1cc(F)ccc1N1CCC(O)C(C)C1. The molecule has 0 saturated carbocycles. The van der Waals surface area contributed by atoms with Crippen molar-refractivity contribution in [2.75, 3.05) is 18.0 Å². The lowest BCUT2D eigenvalue weighted by atomic mass is 9.95. The summed E-state index contributed by atoms with van der Waals surface area (Å²) >= 11 is 0. The van der Waals surface area contributed by atoms with E-state index < -0.39 is 0 Å². The fraction of sp³-hybridized carbons (Fsp3) is 0.625. The maximum Gasteiger partial charge on any atom is 0.123 e. The summed E-state index contributed by atoms with van der Waals surface area (Å²) < 4.78 is 13.5. The molecule has 2 rings (SSSR count).